The average molecular weight is 314 g/mol. The Balaban J connectivity index is 2.07. The van der Waals surface area contributed by atoms with E-state index < -0.39 is 0 Å². The topological polar surface area (TPSA) is 21.3 Å². The lowest BCUT2D eigenvalue weighted by atomic mass is 10.2. The van der Waals surface area contributed by atoms with Gasteiger partial charge in [0.1, 0.15) is 5.75 Å². The molecule has 0 amide bonds. The molecule has 1 aromatic rings. The maximum Gasteiger partial charge on any atom is 0.122 e. The number of benzene rings is 1. The molecule has 102 valence electrons. The van der Waals surface area contributed by atoms with Gasteiger partial charge >= 0.3 is 0 Å². The molecule has 0 atom stereocenters. The molecule has 0 spiro atoms. The van der Waals surface area contributed by atoms with E-state index in [1.165, 1.54) is 24.8 Å². The Morgan fingerprint density at radius 3 is 2.67 bits per heavy atom. The molecule has 0 bridgehead atoms. The molecule has 0 aliphatic carbocycles. The SMILES string of the molecule is CCNCCCCCCOc1ccc(Br)cc1C. The predicted octanol–water partition coefficient (Wildman–Crippen LogP) is 4.31. The standard InChI is InChI=1S/C15H24BrNO/c1-3-17-10-6-4-5-7-11-18-15-9-8-14(16)12-13(15)2/h8-9,12,17H,3-7,10-11H2,1-2H3. The lowest BCUT2D eigenvalue weighted by Crippen LogP contribution is -2.13. The number of rotatable bonds is 9. The summed E-state index contributed by atoms with van der Waals surface area (Å²) in [5.41, 5.74) is 1.19. The van der Waals surface area contributed by atoms with Crippen LogP contribution in [-0.2, 0) is 0 Å². The van der Waals surface area contributed by atoms with Crippen molar-refractivity contribution in [1.82, 2.24) is 5.32 Å². The Morgan fingerprint density at radius 2 is 1.94 bits per heavy atom. The Bertz CT molecular complexity index is 341. The quantitative estimate of drug-likeness (QED) is 0.686. The van der Waals surface area contributed by atoms with Crippen LogP contribution in [0.25, 0.3) is 0 Å². The van der Waals surface area contributed by atoms with Crippen molar-refractivity contribution in [2.45, 2.75) is 39.5 Å². The van der Waals surface area contributed by atoms with Crippen LogP contribution >= 0.6 is 15.9 Å². The molecule has 0 aliphatic heterocycles. The predicted molar refractivity (Wildman–Crippen MR) is 81.4 cm³/mol. The zero-order chi connectivity index (χ0) is 13.2. The summed E-state index contributed by atoms with van der Waals surface area (Å²) in [4.78, 5) is 0. The first-order chi connectivity index (χ1) is 8.74. The molecule has 0 radical (unpaired) electrons. The fourth-order valence-corrected chi connectivity index (χ4v) is 2.31. The minimum absolute atomic E-state index is 0.823. The lowest BCUT2D eigenvalue weighted by molar-refractivity contribution is 0.302. The summed E-state index contributed by atoms with van der Waals surface area (Å²) in [6.07, 6.45) is 4.95. The molecule has 0 saturated heterocycles. The third-order valence-corrected chi connectivity index (χ3v) is 3.39. The van der Waals surface area contributed by atoms with Crippen LogP contribution in [-0.4, -0.2) is 19.7 Å². The molecule has 1 aromatic carbocycles. The number of unbranched alkanes of at least 4 members (excludes halogenated alkanes) is 3. The van der Waals surface area contributed by atoms with Gasteiger partial charge in [-0.15, -0.1) is 0 Å². The minimum atomic E-state index is 0.823. The van der Waals surface area contributed by atoms with Gasteiger partial charge in [-0.2, -0.15) is 0 Å². The fourth-order valence-electron chi connectivity index (χ4n) is 1.84. The van der Waals surface area contributed by atoms with Crippen LogP contribution in [0.5, 0.6) is 5.75 Å². The van der Waals surface area contributed by atoms with E-state index in [-0.39, 0.29) is 0 Å². The fraction of sp³-hybridized carbons (Fsp3) is 0.600. The lowest BCUT2D eigenvalue weighted by Gasteiger charge is -2.09. The van der Waals surface area contributed by atoms with Crippen molar-refractivity contribution >= 4 is 15.9 Å². The van der Waals surface area contributed by atoms with Gasteiger partial charge < -0.3 is 10.1 Å². The van der Waals surface area contributed by atoms with E-state index in [1.54, 1.807) is 0 Å². The van der Waals surface area contributed by atoms with Gasteiger partial charge in [-0.1, -0.05) is 35.7 Å². The van der Waals surface area contributed by atoms with Gasteiger partial charge in [0.05, 0.1) is 6.61 Å². The summed E-state index contributed by atoms with van der Waals surface area (Å²) in [5, 5.41) is 3.34. The number of hydrogen-bond donors (Lipinski definition) is 1. The average Bonchev–Trinajstić information content (AvgIpc) is 2.35. The van der Waals surface area contributed by atoms with Crippen molar-refractivity contribution < 1.29 is 4.74 Å². The molecular formula is C15H24BrNO. The molecule has 0 heterocycles. The minimum Gasteiger partial charge on any atom is -0.493 e. The van der Waals surface area contributed by atoms with Crippen LogP contribution in [0.2, 0.25) is 0 Å². The second kappa shape index (κ2) is 9.40. The maximum atomic E-state index is 5.78. The molecule has 0 saturated carbocycles. The summed E-state index contributed by atoms with van der Waals surface area (Å²) in [6, 6.07) is 6.15. The molecular weight excluding hydrogens is 290 g/mol. The third kappa shape index (κ3) is 6.41. The van der Waals surface area contributed by atoms with Gasteiger partial charge in [0.25, 0.3) is 0 Å². The van der Waals surface area contributed by atoms with Crippen LogP contribution in [0.4, 0.5) is 0 Å². The van der Waals surface area contributed by atoms with Gasteiger partial charge in [0, 0.05) is 4.47 Å². The molecule has 1 N–H and O–H groups in total. The van der Waals surface area contributed by atoms with E-state index in [2.05, 4.69) is 41.2 Å². The molecule has 0 unspecified atom stereocenters. The van der Waals surface area contributed by atoms with E-state index >= 15 is 0 Å². The molecule has 3 heteroatoms. The highest BCUT2D eigenvalue weighted by Crippen LogP contribution is 2.22. The summed E-state index contributed by atoms with van der Waals surface area (Å²) in [6.45, 7) is 7.27. The smallest absolute Gasteiger partial charge is 0.122 e. The van der Waals surface area contributed by atoms with Crippen molar-refractivity contribution in [2.24, 2.45) is 0 Å². The zero-order valence-corrected chi connectivity index (χ0v) is 13.1. The molecule has 0 aromatic heterocycles. The molecule has 18 heavy (non-hydrogen) atoms. The first-order valence-corrected chi connectivity index (χ1v) is 7.63. The van der Waals surface area contributed by atoms with Crippen LogP contribution in [0.1, 0.15) is 38.2 Å². The highest BCUT2D eigenvalue weighted by atomic mass is 79.9. The Kier molecular flexibility index (Phi) is 8.10. The van der Waals surface area contributed by atoms with Crippen molar-refractivity contribution in [3.05, 3.63) is 28.2 Å². The van der Waals surface area contributed by atoms with Crippen LogP contribution in [0.15, 0.2) is 22.7 Å². The van der Waals surface area contributed by atoms with E-state index in [0.29, 0.717) is 0 Å². The summed E-state index contributed by atoms with van der Waals surface area (Å²) in [5.74, 6) is 1.01. The second-order valence-electron chi connectivity index (χ2n) is 4.53. The number of hydrogen-bond acceptors (Lipinski definition) is 2. The van der Waals surface area contributed by atoms with Gasteiger partial charge in [0.15, 0.2) is 0 Å². The van der Waals surface area contributed by atoms with Gasteiger partial charge in [-0.3, -0.25) is 0 Å². The van der Waals surface area contributed by atoms with E-state index in [9.17, 15) is 0 Å². The highest BCUT2D eigenvalue weighted by molar-refractivity contribution is 9.10. The zero-order valence-electron chi connectivity index (χ0n) is 11.5. The maximum absolute atomic E-state index is 5.78. The molecule has 2 nitrogen and oxygen atoms in total. The molecule has 0 fully saturated rings. The van der Waals surface area contributed by atoms with Crippen LogP contribution in [0.3, 0.4) is 0 Å². The number of nitrogens with one attached hydrogen (secondary N) is 1. The number of aryl methyl sites for hydroxylation is 1. The van der Waals surface area contributed by atoms with Gasteiger partial charge in [-0.25, -0.2) is 0 Å². The molecule has 0 aliphatic rings. The van der Waals surface area contributed by atoms with Gasteiger partial charge in [0.2, 0.25) is 0 Å². The van der Waals surface area contributed by atoms with E-state index in [0.717, 1.165) is 36.3 Å². The monoisotopic (exact) mass is 313 g/mol. The van der Waals surface area contributed by atoms with Crippen molar-refractivity contribution in [1.29, 1.82) is 0 Å². The number of ether oxygens (including phenoxy) is 1. The third-order valence-electron chi connectivity index (χ3n) is 2.89. The normalized spacial score (nSPS) is 10.6. The van der Waals surface area contributed by atoms with E-state index in [1.807, 2.05) is 12.1 Å². The van der Waals surface area contributed by atoms with Crippen molar-refractivity contribution in [3.63, 3.8) is 0 Å². The van der Waals surface area contributed by atoms with Crippen molar-refractivity contribution in [3.8, 4) is 5.75 Å². The highest BCUT2D eigenvalue weighted by Gasteiger charge is 1.99. The first-order valence-electron chi connectivity index (χ1n) is 6.83. The summed E-state index contributed by atoms with van der Waals surface area (Å²) >= 11 is 3.46. The van der Waals surface area contributed by atoms with Crippen molar-refractivity contribution in [2.75, 3.05) is 19.7 Å². The largest absolute Gasteiger partial charge is 0.493 e. The summed E-state index contributed by atoms with van der Waals surface area (Å²) in [7, 11) is 0. The Hall–Kier alpha value is -0.540. The Morgan fingerprint density at radius 1 is 1.17 bits per heavy atom. The number of halogens is 1. The molecule has 1 rings (SSSR count). The first kappa shape index (κ1) is 15.5. The van der Waals surface area contributed by atoms with Gasteiger partial charge in [-0.05, 0) is 56.6 Å². The van der Waals surface area contributed by atoms with Crippen LogP contribution < -0.4 is 10.1 Å². The van der Waals surface area contributed by atoms with E-state index in [4.69, 9.17) is 4.74 Å². The Labute approximate surface area is 119 Å². The second-order valence-corrected chi connectivity index (χ2v) is 5.44. The summed E-state index contributed by atoms with van der Waals surface area (Å²) < 4.78 is 6.89. The van der Waals surface area contributed by atoms with Crippen LogP contribution in [0, 0.1) is 6.92 Å².